The molecule has 1 aromatic heterocycles. The van der Waals surface area contributed by atoms with E-state index in [1.54, 1.807) is 0 Å². The summed E-state index contributed by atoms with van der Waals surface area (Å²) in [5.41, 5.74) is 2.54. The molecule has 112 valence electrons. The summed E-state index contributed by atoms with van der Waals surface area (Å²) in [6, 6.07) is 12.3. The second-order valence-corrected chi connectivity index (χ2v) is 5.19. The average Bonchev–Trinajstić information content (AvgIpc) is 2.52. The molecular weight excluding hydrogens is 260 g/mol. The van der Waals surface area contributed by atoms with Gasteiger partial charge in [0.25, 0.3) is 0 Å². The lowest BCUT2D eigenvalue weighted by atomic mass is 10.0. The normalized spacial score (nSPS) is 12.1. The highest BCUT2D eigenvalue weighted by Gasteiger charge is 2.13. The van der Waals surface area contributed by atoms with Crippen molar-refractivity contribution in [3.8, 4) is 5.75 Å². The highest BCUT2D eigenvalue weighted by Crippen LogP contribution is 2.20. The summed E-state index contributed by atoms with van der Waals surface area (Å²) in [7, 11) is 0. The Morgan fingerprint density at radius 2 is 2.00 bits per heavy atom. The van der Waals surface area contributed by atoms with Crippen molar-refractivity contribution in [1.82, 2.24) is 10.3 Å². The van der Waals surface area contributed by atoms with Gasteiger partial charge in [0.05, 0.1) is 6.61 Å². The first-order valence-electron chi connectivity index (χ1n) is 7.63. The van der Waals surface area contributed by atoms with E-state index in [-0.39, 0.29) is 0 Å². The minimum atomic E-state index is 0.294. The highest BCUT2D eigenvalue weighted by molar-refractivity contribution is 5.25. The van der Waals surface area contributed by atoms with Gasteiger partial charge in [-0.1, -0.05) is 25.1 Å². The minimum Gasteiger partial charge on any atom is -0.494 e. The molecule has 2 aromatic rings. The predicted molar refractivity (Wildman–Crippen MR) is 86.6 cm³/mol. The Morgan fingerprint density at radius 3 is 2.71 bits per heavy atom. The van der Waals surface area contributed by atoms with Crippen molar-refractivity contribution < 1.29 is 4.74 Å². The van der Waals surface area contributed by atoms with Crippen LogP contribution in [0.5, 0.6) is 5.75 Å². The van der Waals surface area contributed by atoms with E-state index < -0.39 is 0 Å². The summed E-state index contributed by atoms with van der Waals surface area (Å²) < 4.78 is 5.82. The Bertz CT molecular complexity index is 528. The molecule has 0 saturated carbocycles. The van der Waals surface area contributed by atoms with Crippen molar-refractivity contribution >= 4 is 0 Å². The molecule has 1 atom stereocenters. The van der Waals surface area contributed by atoms with Gasteiger partial charge in [-0.25, -0.2) is 0 Å². The predicted octanol–water partition coefficient (Wildman–Crippen LogP) is 3.90. The van der Waals surface area contributed by atoms with E-state index >= 15 is 0 Å². The molecule has 1 unspecified atom stereocenters. The van der Waals surface area contributed by atoms with E-state index in [1.807, 2.05) is 42.7 Å². The Hall–Kier alpha value is -1.87. The topological polar surface area (TPSA) is 34.1 Å². The van der Waals surface area contributed by atoms with Crippen LogP contribution >= 0.6 is 0 Å². The lowest BCUT2D eigenvalue weighted by molar-refractivity contribution is 0.286. The summed E-state index contributed by atoms with van der Waals surface area (Å²) >= 11 is 0. The average molecular weight is 284 g/mol. The Kier molecular flexibility index (Phi) is 6.22. The summed E-state index contributed by atoms with van der Waals surface area (Å²) in [6.45, 7) is 6.01. The largest absolute Gasteiger partial charge is 0.494 e. The van der Waals surface area contributed by atoms with E-state index in [4.69, 9.17) is 4.74 Å². The third-order valence-corrected chi connectivity index (χ3v) is 3.51. The maximum atomic E-state index is 5.82. The minimum absolute atomic E-state index is 0.294. The van der Waals surface area contributed by atoms with Crippen LogP contribution in [0.4, 0.5) is 0 Å². The molecule has 21 heavy (non-hydrogen) atoms. The van der Waals surface area contributed by atoms with Gasteiger partial charge in [0.1, 0.15) is 5.75 Å². The number of hydrogen-bond acceptors (Lipinski definition) is 3. The number of benzene rings is 1. The highest BCUT2D eigenvalue weighted by atomic mass is 16.5. The van der Waals surface area contributed by atoms with E-state index in [0.717, 1.165) is 25.1 Å². The second kappa shape index (κ2) is 8.42. The van der Waals surface area contributed by atoms with Crippen molar-refractivity contribution in [3.05, 3.63) is 59.9 Å². The fraction of sp³-hybridized carbons (Fsp3) is 0.389. The van der Waals surface area contributed by atoms with Gasteiger partial charge in [0, 0.05) is 24.9 Å². The van der Waals surface area contributed by atoms with Crippen molar-refractivity contribution in [1.29, 1.82) is 0 Å². The first-order chi connectivity index (χ1) is 10.3. The molecule has 0 aliphatic carbocycles. The number of aromatic nitrogens is 1. The van der Waals surface area contributed by atoms with Crippen LogP contribution in [0.3, 0.4) is 0 Å². The Balaban J connectivity index is 1.95. The molecule has 0 saturated heterocycles. The molecule has 3 heteroatoms. The molecule has 1 aromatic carbocycles. The summed E-state index contributed by atoms with van der Waals surface area (Å²) in [5, 5.41) is 3.59. The molecule has 0 radical (unpaired) electrons. The number of aryl methyl sites for hydroxylation is 1. The number of ether oxygens (including phenoxy) is 1. The van der Waals surface area contributed by atoms with Crippen LogP contribution in [0.25, 0.3) is 0 Å². The summed E-state index contributed by atoms with van der Waals surface area (Å²) in [6.07, 6.45) is 5.86. The lowest BCUT2D eigenvalue weighted by Crippen LogP contribution is -2.24. The Labute approximate surface area is 127 Å². The van der Waals surface area contributed by atoms with E-state index in [0.29, 0.717) is 12.6 Å². The number of rotatable bonds is 8. The zero-order valence-electron chi connectivity index (χ0n) is 12.9. The quantitative estimate of drug-likeness (QED) is 0.798. The van der Waals surface area contributed by atoms with E-state index in [9.17, 15) is 0 Å². The zero-order valence-corrected chi connectivity index (χ0v) is 12.9. The van der Waals surface area contributed by atoms with Gasteiger partial charge in [-0.2, -0.15) is 0 Å². The lowest BCUT2D eigenvalue weighted by Gasteiger charge is -2.20. The summed E-state index contributed by atoms with van der Waals surface area (Å²) in [5.74, 6) is 0.926. The van der Waals surface area contributed by atoms with Gasteiger partial charge in [-0.15, -0.1) is 0 Å². The fourth-order valence-electron chi connectivity index (χ4n) is 2.34. The molecule has 0 aliphatic rings. The maximum Gasteiger partial charge on any atom is 0.119 e. The molecule has 1 heterocycles. The molecule has 0 aliphatic heterocycles. The molecule has 0 spiro atoms. The fourth-order valence-corrected chi connectivity index (χ4v) is 2.34. The van der Waals surface area contributed by atoms with Gasteiger partial charge in [0.15, 0.2) is 0 Å². The number of nitrogens with one attached hydrogen (secondary N) is 1. The van der Waals surface area contributed by atoms with Crippen molar-refractivity contribution in [2.24, 2.45) is 0 Å². The van der Waals surface area contributed by atoms with Gasteiger partial charge in [0.2, 0.25) is 0 Å². The first-order valence-corrected chi connectivity index (χ1v) is 7.63. The van der Waals surface area contributed by atoms with Crippen LogP contribution < -0.4 is 10.1 Å². The van der Waals surface area contributed by atoms with Crippen LogP contribution in [0.15, 0.2) is 48.8 Å². The zero-order chi connectivity index (χ0) is 14.9. The SMILES string of the molecule is CCCNC(CCOc1ccccc1)c1cnccc1C. The Morgan fingerprint density at radius 1 is 1.19 bits per heavy atom. The van der Waals surface area contributed by atoms with Crippen LogP contribution in [0, 0.1) is 6.92 Å². The number of hydrogen-bond donors (Lipinski definition) is 1. The van der Waals surface area contributed by atoms with Crippen LogP contribution in [0.2, 0.25) is 0 Å². The maximum absolute atomic E-state index is 5.82. The number of nitrogens with zero attached hydrogens (tertiary/aromatic N) is 1. The van der Waals surface area contributed by atoms with Gasteiger partial charge in [-0.05, 0) is 49.2 Å². The molecule has 3 nitrogen and oxygen atoms in total. The van der Waals surface area contributed by atoms with Gasteiger partial charge >= 0.3 is 0 Å². The standard InChI is InChI=1S/C18H24N2O/c1-3-11-20-18(17-14-19-12-9-15(17)2)10-13-21-16-7-5-4-6-8-16/h4-9,12,14,18,20H,3,10-11,13H2,1-2H3. The first kappa shape index (κ1) is 15.5. The molecule has 0 amide bonds. The van der Waals surface area contributed by atoms with Crippen molar-refractivity contribution in [2.45, 2.75) is 32.7 Å². The van der Waals surface area contributed by atoms with E-state index in [2.05, 4.69) is 30.2 Å². The molecule has 0 bridgehead atoms. The number of para-hydroxylation sites is 1. The van der Waals surface area contributed by atoms with Crippen LogP contribution in [-0.4, -0.2) is 18.1 Å². The number of pyridine rings is 1. The van der Waals surface area contributed by atoms with Gasteiger partial charge in [-0.3, -0.25) is 4.98 Å². The van der Waals surface area contributed by atoms with Crippen molar-refractivity contribution in [3.63, 3.8) is 0 Å². The smallest absolute Gasteiger partial charge is 0.119 e. The third kappa shape index (κ3) is 4.87. The molecule has 0 fully saturated rings. The molecule has 1 N–H and O–H groups in total. The third-order valence-electron chi connectivity index (χ3n) is 3.51. The summed E-state index contributed by atoms with van der Waals surface area (Å²) in [4.78, 5) is 4.26. The van der Waals surface area contributed by atoms with Crippen LogP contribution in [-0.2, 0) is 0 Å². The monoisotopic (exact) mass is 284 g/mol. The van der Waals surface area contributed by atoms with Crippen molar-refractivity contribution in [2.75, 3.05) is 13.2 Å². The van der Waals surface area contributed by atoms with E-state index in [1.165, 1.54) is 11.1 Å². The second-order valence-electron chi connectivity index (χ2n) is 5.19. The van der Waals surface area contributed by atoms with Gasteiger partial charge < -0.3 is 10.1 Å². The molecular formula is C18H24N2O. The molecule has 2 rings (SSSR count). The van der Waals surface area contributed by atoms with Crippen LogP contribution in [0.1, 0.15) is 36.9 Å².